The lowest BCUT2D eigenvalue weighted by Gasteiger charge is -2.18. The van der Waals surface area contributed by atoms with Gasteiger partial charge >= 0.3 is 0 Å². The highest BCUT2D eigenvalue weighted by atomic mass is 79.9. The lowest BCUT2D eigenvalue weighted by molar-refractivity contribution is 0.290. The van der Waals surface area contributed by atoms with Crippen molar-refractivity contribution in [1.82, 2.24) is 4.90 Å². The van der Waals surface area contributed by atoms with Gasteiger partial charge in [-0.05, 0) is 28.5 Å². The molecule has 0 aliphatic heterocycles. The molecule has 15 heavy (non-hydrogen) atoms. The molecule has 0 unspecified atom stereocenters. The largest absolute Gasteiger partial charge is 0.388 e. The second kappa shape index (κ2) is 6.25. The summed E-state index contributed by atoms with van der Waals surface area (Å²) >= 11 is 5.20. The van der Waals surface area contributed by atoms with Crippen LogP contribution in [0.4, 0.5) is 0 Å². The molecule has 1 aromatic heterocycles. The zero-order chi connectivity index (χ0) is 11.3. The Bertz CT molecular complexity index is 324. The van der Waals surface area contributed by atoms with Crippen molar-refractivity contribution in [2.24, 2.45) is 5.73 Å². The number of amidine groups is 1. The Balaban J connectivity index is 2.42. The molecule has 0 amide bonds. The minimum Gasteiger partial charge on any atom is -0.388 e. The van der Waals surface area contributed by atoms with Crippen molar-refractivity contribution < 1.29 is 0 Å². The van der Waals surface area contributed by atoms with Crippen molar-refractivity contribution in [2.75, 3.05) is 13.1 Å². The van der Waals surface area contributed by atoms with E-state index in [9.17, 15) is 0 Å². The first-order chi connectivity index (χ1) is 7.11. The number of rotatable bonds is 6. The third kappa shape index (κ3) is 4.77. The lowest BCUT2D eigenvalue weighted by Crippen LogP contribution is -2.27. The summed E-state index contributed by atoms with van der Waals surface area (Å²) in [5.41, 5.74) is 5.34. The van der Waals surface area contributed by atoms with Crippen LogP contribution in [0.2, 0.25) is 0 Å². The van der Waals surface area contributed by atoms with Crippen LogP contribution in [0.15, 0.2) is 15.9 Å². The molecule has 0 atom stereocenters. The van der Waals surface area contributed by atoms with Gasteiger partial charge in [0.25, 0.3) is 0 Å². The number of halogens is 1. The second-order valence-corrected chi connectivity index (χ2v) is 5.29. The van der Waals surface area contributed by atoms with Gasteiger partial charge in [-0.15, -0.1) is 11.3 Å². The van der Waals surface area contributed by atoms with Crippen LogP contribution >= 0.6 is 27.3 Å². The fourth-order valence-electron chi connectivity index (χ4n) is 1.28. The normalized spacial score (nSPS) is 10.9. The van der Waals surface area contributed by atoms with E-state index >= 15 is 0 Å². The first-order valence-electron chi connectivity index (χ1n) is 4.90. The third-order valence-corrected chi connectivity index (χ3v) is 3.83. The topological polar surface area (TPSA) is 53.1 Å². The molecule has 84 valence electrons. The van der Waals surface area contributed by atoms with Crippen LogP contribution in [0.5, 0.6) is 0 Å². The summed E-state index contributed by atoms with van der Waals surface area (Å²) < 4.78 is 1.14. The van der Waals surface area contributed by atoms with E-state index in [1.165, 1.54) is 4.88 Å². The van der Waals surface area contributed by atoms with E-state index in [0.29, 0.717) is 6.42 Å². The molecule has 0 aliphatic carbocycles. The zero-order valence-corrected chi connectivity index (χ0v) is 11.2. The van der Waals surface area contributed by atoms with Crippen LogP contribution in [0.1, 0.15) is 18.2 Å². The Morgan fingerprint density at radius 1 is 1.67 bits per heavy atom. The quantitative estimate of drug-likeness (QED) is 0.625. The van der Waals surface area contributed by atoms with Gasteiger partial charge in [0.1, 0.15) is 0 Å². The van der Waals surface area contributed by atoms with Crippen molar-refractivity contribution in [3.05, 3.63) is 20.8 Å². The molecule has 0 bridgehead atoms. The van der Waals surface area contributed by atoms with Gasteiger partial charge in [-0.25, -0.2) is 0 Å². The standard InChI is InChI=1S/C10H16BrN3S/c1-2-14(4-3-10(12)13)6-9-5-8(11)7-15-9/h5,7H,2-4,6H2,1H3,(H3,12,13). The molecule has 0 aliphatic rings. The number of nitrogens with one attached hydrogen (secondary N) is 1. The van der Waals surface area contributed by atoms with E-state index in [4.69, 9.17) is 11.1 Å². The summed E-state index contributed by atoms with van der Waals surface area (Å²) in [5.74, 6) is 0.265. The summed E-state index contributed by atoms with van der Waals surface area (Å²) in [7, 11) is 0. The predicted octanol–water partition coefficient (Wildman–Crippen LogP) is 2.66. The highest BCUT2D eigenvalue weighted by Crippen LogP contribution is 2.21. The van der Waals surface area contributed by atoms with E-state index in [0.717, 1.165) is 24.1 Å². The van der Waals surface area contributed by atoms with Crippen molar-refractivity contribution in [3.8, 4) is 0 Å². The Hall–Kier alpha value is -0.390. The molecule has 3 N–H and O–H groups in total. The number of hydrogen-bond donors (Lipinski definition) is 2. The van der Waals surface area contributed by atoms with Gasteiger partial charge in [-0.3, -0.25) is 10.3 Å². The molecule has 5 heteroatoms. The molecule has 0 saturated heterocycles. The highest BCUT2D eigenvalue weighted by molar-refractivity contribution is 9.10. The summed E-state index contributed by atoms with van der Waals surface area (Å²) in [4.78, 5) is 3.63. The van der Waals surface area contributed by atoms with E-state index in [2.05, 4.69) is 39.2 Å². The van der Waals surface area contributed by atoms with Crippen molar-refractivity contribution >= 4 is 33.1 Å². The smallest absolute Gasteiger partial charge is 0.0918 e. The zero-order valence-electron chi connectivity index (χ0n) is 8.79. The minimum atomic E-state index is 0.265. The first kappa shape index (κ1) is 12.7. The summed E-state index contributed by atoms with van der Waals surface area (Å²) in [6.07, 6.45) is 0.653. The lowest BCUT2D eigenvalue weighted by atomic mass is 10.3. The minimum absolute atomic E-state index is 0.265. The first-order valence-corrected chi connectivity index (χ1v) is 6.57. The molecule has 0 saturated carbocycles. The molecular weight excluding hydrogens is 274 g/mol. The molecule has 3 nitrogen and oxygen atoms in total. The second-order valence-electron chi connectivity index (χ2n) is 3.38. The van der Waals surface area contributed by atoms with Crippen LogP contribution in [-0.2, 0) is 6.54 Å². The number of nitrogens with zero attached hydrogens (tertiary/aromatic N) is 1. The van der Waals surface area contributed by atoms with Gasteiger partial charge in [0, 0.05) is 34.2 Å². The molecule has 0 spiro atoms. The van der Waals surface area contributed by atoms with Crippen LogP contribution in [0.3, 0.4) is 0 Å². The average molecular weight is 290 g/mol. The molecule has 0 radical (unpaired) electrons. The predicted molar refractivity (Wildman–Crippen MR) is 69.5 cm³/mol. The molecule has 0 fully saturated rings. The van der Waals surface area contributed by atoms with E-state index in [1.54, 1.807) is 11.3 Å². The third-order valence-electron chi connectivity index (χ3n) is 2.15. The van der Waals surface area contributed by atoms with Crippen molar-refractivity contribution in [3.63, 3.8) is 0 Å². The van der Waals surface area contributed by atoms with Gasteiger partial charge in [-0.1, -0.05) is 6.92 Å². The maximum absolute atomic E-state index is 7.19. The molecule has 1 rings (SSSR count). The monoisotopic (exact) mass is 289 g/mol. The number of nitrogens with two attached hydrogens (primary N) is 1. The maximum atomic E-state index is 7.19. The van der Waals surface area contributed by atoms with Gasteiger partial charge < -0.3 is 5.73 Å². The average Bonchev–Trinajstić information content (AvgIpc) is 2.58. The van der Waals surface area contributed by atoms with Crippen molar-refractivity contribution in [2.45, 2.75) is 19.9 Å². The van der Waals surface area contributed by atoms with E-state index < -0.39 is 0 Å². The fraction of sp³-hybridized carbons (Fsp3) is 0.500. The highest BCUT2D eigenvalue weighted by Gasteiger charge is 2.05. The Kier molecular flexibility index (Phi) is 5.28. The van der Waals surface area contributed by atoms with Gasteiger partial charge in [-0.2, -0.15) is 0 Å². The summed E-state index contributed by atoms with van der Waals surface area (Å²) in [6.45, 7) is 4.92. The van der Waals surface area contributed by atoms with Gasteiger partial charge in [0.15, 0.2) is 0 Å². The molecule has 1 heterocycles. The SMILES string of the molecule is CCN(CCC(=N)N)Cc1cc(Br)cs1. The summed E-state index contributed by atoms with van der Waals surface area (Å²) in [6, 6.07) is 2.14. The molecular formula is C10H16BrN3S. The Labute approximate surface area is 103 Å². The Morgan fingerprint density at radius 2 is 2.40 bits per heavy atom. The van der Waals surface area contributed by atoms with Gasteiger partial charge in [0.05, 0.1) is 5.84 Å². The van der Waals surface area contributed by atoms with Crippen LogP contribution < -0.4 is 5.73 Å². The fourth-order valence-corrected chi connectivity index (χ4v) is 2.78. The number of thiophene rings is 1. The van der Waals surface area contributed by atoms with Crippen LogP contribution in [0, 0.1) is 5.41 Å². The molecule has 0 aromatic carbocycles. The molecule has 1 aromatic rings. The van der Waals surface area contributed by atoms with E-state index in [-0.39, 0.29) is 5.84 Å². The van der Waals surface area contributed by atoms with Crippen molar-refractivity contribution in [1.29, 1.82) is 5.41 Å². The number of hydrogen-bond acceptors (Lipinski definition) is 3. The van der Waals surface area contributed by atoms with Crippen LogP contribution in [0.25, 0.3) is 0 Å². The van der Waals surface area contributed by atoms with Gasteiger partial charge in [0.2, 0.25) is 0 Å². The Morgan fingerprint density at radius 3 is 2.87 bits per heavy atom. The van der Waals surface area contributed by atoms with Crippen LogP contribution in [-0.4, -0.2) is 23.8 Å². The maximum Gasteiger partial charge on any atom is 0.0918 e. The summed E-state index contributed by atoms with van der Waals surface area (Å²) in [5, 5.41) is 9.28. The van der Waals surface area contributed by atoms with E-state index in [1.807, 2.05) is 0 Å².